The van der Waals surface area contributed by atoms with Gasteiger partial charge in [-0.2, -0.15) is 4.98 Å². The Balaban J connectivity index is 0.000000461. The second-order valence-corrected chi connectivity index (χ2v) is 3.48. The summed E-state index contributed by atoms with van der Waals surface area (Å²) in [6.45, 7) is 6.07. The molecule has 0 saturated heterocycles. The molecule has 0 aromatic carbocycles. The van der Waals surface area contributed by atoms with E-state index in [0.29, 0.717) is 17.6 Å². The van der Waals surface area contributed by atoms with E-state index >= 15 is 0 Å². The first-order valence-electron chi connectivity index (χ1n) is 5.23. The first-order valence-corrected chi connectivity index (χ1v) is 5.23. The highest BCUT2D eigenvalue weighted by molar-refractivity contribution is 4.99. The zero-order chi connectivity index (χ0) is 10.6. The number of aliphatic hydroxyl groups excluding tert-OH is 1. The van der Waals surface area contributed by atoms with Crippen LogP contribution in [0.3, 0.4) is 0 Å². The van der Waals surface area contributed by atoms with Crippen LogP contribution in [0.2, 0.25) is 0 Å². The van der Waals surface area contributed by atoms with E-state index < -0.39 is 0 Å². The van der Waals surface area contributed by atoms with E-state index in [1.807, 2.05) is 13.8 Å². The Kier molecular flexibility index (Phi) is 4.07. The van der Waals surface area contributed by atoms with Gasteiger partial charge in [-0.1, -0.05) is 25.9 Å². The molecule has 1 N–H and O–H groups in total. The van der Waals surface area contributed by atoms with Crippen molar-refractivity contribution in [1.29, 1.82) is 0 Å². The van der Waals surface area contributed by atoms with E-state index in [0.717, 1.165) is 18.8 Å². The summed E-state index contributed by atoms with van der Waals surface area (Å²) >= 11 is 0. The summed E-state index contributed by atoms with van der Waals surface area (Å²) in [6, 6.07) is 0. The first-order chi connectivity index (χ1) is 6.79. The van der Waals surface area contributed by atoms with Crippen molar-refractivity contribution in [3.63, 3.8) is 0 Å². The summed E-state index contributed by atoms with van der Waals surface area (Å²) < 4.78 is 4.99. The number of nitrogens with zero attached hydrogens (tertiary/aromatic N) is 2. The summed E-state index contributed by atoms with van der Waals surface area (Å²) in [4.78, 5) is 4.06. The van der Waals surface area contributed by atoms with Crippen molar-refractivity contribution in [2.75, 3.05) is 0 Å². The van der Waals surface area contributed by atoms with Crippen molar-refractivity contribution in [3.05, 3.63) is 11.7 Å². The highest BCUT2D eigenvalue weighted by Crippen LogP contribution is 2.40. The third-order valence-corrected chi connectivity index (χ3v) is 2.35. The fraction of sp³-hybridized carbons (Fsp3) is 0.800. The van der Waals surface area contributed by atoms with Gasteiger partial charge < -0.3 is 9.63 Å². The molecule has 4 heteroatoms. The Morgan fingerprint density at radius 2 is 2.07 bits per heavy atom. The maximum Gasteiger partial charge on any atom is 0.229 e. The Morgan fingerprint density at radius 1 is 1.43 bits per heavy atom. The summed E-state index contributed by atoms with van der Waals surface area (Å²) in [5.74, 6) is 2.30. The van der Waals surface area contributed by atoms with Crippen LogP contribution in [0.4, 0.5) is 0 Å². The fourth-order valence-electron chi connectivity index (χ4n) is 1.60. The molecule has 1 aromatic heterocycles. The molecule has 1 aliphatic carbocycles. The number of hydrogen-bond donors (Lipinski definition) is 1. The molecule has 4 nitrogen and oxygen atoms in total. The van der Waals surface area contributed by atoms with Crippen LogP contribution in [0.15, 0.2) is 4.52 Å². The molecule has 0 amide bonds. The van der Waals surface area contributed by atoms with Crippen LogP contribution in [0.1, 0.15) is 51.2 Å². The number of aliphatic hydroxyl groups is 1. The number of rotatable bonds is 2. The topological polar surface area (TPSA) is 59.2 Å². The molecule has 0 radical (unpaired) electrons. The second kappa shape index (κ2) is 5.10. The highest BCUT2D eigenvalue weighted by Gasteiger charge is 2.31. The lowest BCUT2D eigenvalue weighted by Gasteiger charge is -2.29. The van der Waals surface area contributed by atoms with Gasteiger partial charge in [-0.15, -0.1) is 0 Å². The molecule has 0 atom stereocenters. The second-order valence-electron chi connectivity index (χ2n) is 3.48. The molecular formula is C10H18N2O2. The van der Waals surface area contributed by atoms with Crippen molar-refractivity contribution < 1.29 is 9.63 Å². The molecule has 1 aromatic rings. The Morgan fingerprint density at radius 3 is 2.50 bits per heavy atom. The molecule has 1 saturated carbocycles. The monoisotopic (exact) mass is 198 g/mol. The SMILES string of the molecule is CC.CC1CC(c2nc(CO)no2)C1. The van der Waals surface area contributed by atoms with Crippen LogP contribution in [-0.4, -0.2) is 15.2 Å². The lowest BCUT2D eigenvalue weighted by Crippen LogP contribution is -2.19. The minimum Gasteiger partial charge on any atom is -0.388 e. The normalized spacial score (nSPS) is 24.9. The number of aromatic nitrogens is 2. The molecule has 0 unspecified atom stereocenters. The van der Waals surface area contributed by atoms with Crippen molar-refractivity contribution in [1.82, 2.24) is 10.1 Å². The molecule has 80 valence electrons. The van der Waals surface area contributed by atoms with Crippen molar-refractivity contribution >= 4 is 0 Å². The maximum atomic E-state index is 8.69. The lowest BCUT2D eigenvalue weighted by atomic mass is 9.76. The minimum atomic E-state index is -0.133. The van der Waals surface area contributed by atoms with E-state index in [1.54, 1.807) is 0 Å². The third-order valence-electron chi connectivity index (χ3n) is 2.35. The van der Waals surface area contributed by atoms with Gasteiger partial charge in [0.05, 0.1) is 0 Å². The standard InChI is InChI=1S/C8H12N2O2.C2H6/c1-5-2-6(3-5)8-9-7(4-11)10-12-8;1-2/h5-6,11H,2-4H2,1H3;1-2H3. The average Bonchev–Trinajstić information content (AvgIpc) is 2.64. The van der Waals surface area contributed by atoms with Gasteiger partial charge in [0, 0.05) is 5.92 Å². The van der Waals surface area contributed by atoms with Crippen molar-refractivity contribution in [3.8, 4) is 0 Å². The Hall–Kier alpha value is -0.900. The van der Waals surface area contributed by atoms with E-state index in [-0.39, 0.29) is 6.61 Å². The molecule has 2 rings (SSSR count). The Labute approximate surface area is 84.3 Å². The van der Waals surface area contributed by atoms with Gasteiger partial charge in [-0.25, -0.2) is 0 Å². The largest absolute Gasteiger partial charge is 0.388 e. The molecule has 1 fully saturated rings. The average molecular weight is 198 g/mol. The van der Waals surface area contributed by atoms with Gasteiger partial charge in [0.15, 0.2) is 5.82 Å². The van der Waals surface area contributed by atoms with E-state index in [2.05, 4.69) is 17.1 Å². The molecule has 0 aliphatic heterocycles. The van der Waals surface area contributed by atoms with Gasteiger partial charge in [0.1, 0.15) is 6.61 Å². The van der Waals surface area contributed by atoms with Crippen molar-refractivity contribution in [2.45, 2.75) is 46.1 Å². The number of hydrogen-bond acceptors (Lipinski definition) is 4. The quantitative estimate of drug-likeness (QED) is 0.790. The smallest absolute Gasteiger partial charge is 0.229 e. The van der Waals surface area contributed by atoms with Crippen LogP contribution < -0.4 is 0 Å². The summed E-state index contributed by atoms with van der Waals surface area (Å²) in [5, 5.41) is 12.3. The zero-order valence-electron chi connectivity index (χ0n) is 9.03. The van der Waals surface area contributed by atoms with Crippen LogP contribution in [0.25, 0.3) is 0 Å². The van der Waals surface area contributed by atoms with Gasteiger partial charge >= 0.3 is 0 Å². The highest BCUT2D eigenvalue weighted by atomic mass is 16.5. The first kappa shape index (κ1) is 11.2. The van der Waals surface area contributed by atoms with E-state index in [9.17, 15) is 0 Å². The van der Waals surface area contributed by atoms with Crippen LogP contribution >= 0.6 is 0 Å². The van der Waals surface area contributed by atoms with E-state index in [1.165, 1.54) is 0 Å². The molecular weight excluding hydrogens is 180 g/mol. The zero-order valence-corrected chi connectivity index (χ0v) is 9.03. The molecule has 14 heavy (non-hydrogen) atoms. The van der Waals surface area contributed by atoms with Gasteiger partial charge in [0.2, 0.25) is 5.89 Å². The van der Waals surface area contributed by atoms with E-state index in [4.69, 9.17) is 9.63 Å². The summed E-state index contributed by atoms with van der Waals surface area (Å²) in [6.07, 6.45) is 2.26. The molecule has 0 bridgehead atoms. The maximum absolute atomic E-state index is 8.69. The molecule has 1 heterocycles. The van der Waals surface area contributed by atoms with Crippen molar-refractivity contribution in [2.24, 2.45) is 5.92 Å². The fourth-order valence-corrected chi connectivity index (χ4v) is 1.60. The third kappa shape index (κ3) is 2.32. The predicted octanol–water partition coefficient (Wildman–Crippen LogP) is 2.10. The predicted molar refractivity (Wildman–Crippen MR) is 52.7 cm³/mol. The van der Waals surface area contributed by atoms with Crippen LogP contribution in [0.5, 0.6) is 0 Å². The summed E-state index contributed by atoms with van der Waals surface area (Å²) in [7, 11) is 0. The van der Waals surface area contributed by atoms with Crippen LogP contribution in [-0.2, 0) is 6.61 Å². The minimum absolute atomic E-state index is 0.133. The summed E-state index contributed by atoms with van der Waals surface area (Å²) in [5.41, 5.74) is 0. The Bertz CT molecular complexity index is 267. The van der Waals surface area contributed by atoms with Gasteiger partial charge in [-0.05, 0) is 18.8 Å². The van der Waals surface area contributed by atoms with Gasteiger partial charge in [-0.3, -0.25) is 0 Å². The van der Waals surface area contributed by atoms with Gasteiger partial charge in [0.25, 0.3) is 0 Å². The van der Waals surface area contributed by atoms with Crippen LogP contribution in [0, 0.1) is 5.92 Å². The lowest BCUT2D eigenvalue weighted by molar-refractivity contribution is 0.225. The molecule has 1 aliphatic rings. The molecule has 0 spiro atoms.